The third-order valence-electron chi connectivity index (χ3n) is 9.87. The fourth-order valence-electron chi connectivity index (χ4n) is 7.07. The SMILES string of the molecule is CCn1nc(C)cc1C(=O)Nc1nc2cc(C=O)cc3c2n1C/C=C/Cn1c(NC(=O)c2cc(C)nn2CC)nc2cc(C(=O)NCC/C(=N/N)NN)cc(c21)OCCCO3. The van der Waals surface area contributed by atoms with Crippen LogP contribution >= 0.6 is 0 Å². The molecular weight excluding hydrogens is 787 g/mol. The van der Waals surface area contributed by atoms with Gasteiger partial charge in [0.15, 0.2) is 0 Å². The number of nitrogens with one attached hydrogen (secondary N) is 4. The van der Waals surface area contributed by atoms with E-state index < -0.39 is 17.7 Å². The number of hydrazone groups is 1. The fraction of sp³-hybridized carbons (Fsp3) is 0.325. The van der Waals surface area contributed by atoms with Crippen LogP contribution < -0.4 is 42.5 Å². The number of amides is 3. The standard InChI is InChI=1S/C40H47N15O6/c1-5-54-29(16-23(3)50-54)37(58)46-39-44-27-18-25(22-56)19-31-34(27)52(39)12-7-8-13-53-35-28(45-40(53)47-38(59)30-17-24(4)51-55(30)6-2)20-26(21-32(35)61-15-9-14-60-31)36(57)43-11-10-33(48-41)49-42/h7-8,16-22H,5-6,9-15,41-42H2,1-4H3,(H,43,57)(H,48,49)(H,44,46,58)(H,45,47,59)/b8-7+. The molecule has 0 fully saturated rings. The van der Waals surface area contributed by atoms with Crippen LogP contribution in [0.2, 0.25) is 0 Å². The van der Waals surface area contributed by atoms with E-state index in [2.05, 4.69) is 36.7 Å². The Morgan fingerprint density at radius 1 is 0.787 bits per heavy atom. The van der Waals surface area contributed by atoms with Crippen LogP contribution in [0.25, 0.3) is 22.1 Å². The van der Waals surface area contributed by atoms with Gasteiger partial charge >= 0.3 is 0 Å². The van der Waals surface area contributed by atoms with Gasteiger partial charge in [0.1, 0.15) is 46.0 Å². The molecule has 2 aromatic carbocycles. The second kappa shape index (κ2) is 18.2. The molecule has 21 heteroatoms. The van der Waals surface area contributed by atoms with Gasteiger partial charge in [0.05, 0.1) is 35.6 Å². The number of carbonyl (C=O) groups excluding carboxylic acids is 4. The van der Waals surface area contributed by atoms with E-state index in [1.54, 1.807) is 54.9 Å². The summed E-state index contributed by atoms with van der Waals surface area (Å²) in [5, 5.41) is 21.1. The Balaban J connectivity index is 1.29. The molecule has 0 bridgehead atoms. The molecule has 6 aromatic rings. The molecule has 0 atom stereocenters. The summed E-state index contributed by atoms with van der Waals surface area (Å²) < 4.78 is 19.5. The van der Waals surface area contributed by atoms with Gasteiger partial charge in [-0.2, -0.15) is 15.3 Å². The molecule has 0 unspecified atom stereocenters. The molecule has 21 nitrogen and oxygen atoms in total. The number of nitrogens with two attached hydrogens (primary N) is 2. The van der Waals surface area contributed by atoms with Gasteiger partial charge < -0.3 is 35.2 Å². The molecular formula is C40H47N15O6. The minimum atomic E-state index is -0.426. The predicted molar refractivity (Wildman–Crippen MR) is 227 cm³/mol. The Morgan fingerprint density at radius 2 is 1.33 bits per heavy atom. The highest BCUT2D eigenvalue weighted by molar-refractivity contribution is 6.05. The summed E-state index contributed by atoms with van der Waals surface area (Å²) in [5.74, 6) is 11.0. The van der Waals surface area contributed by atoms with Gasteiger partial charge in [0.25, 0.3) is 17.7 Å². The Labute approximate surface area is 349 Å². The number of benzene rings is 2. The number of amidine groups is 1. The van der Waals surface area contributed by atoms with E-state index in [1.807, 2.05) is 39.8 Å². The average molecular weight is 834 g/mol. The number of aryl methyl sites for hydroxylation is 4. The van der Waals surface area contributed by atoms with Crippen molar-refractivity contribution in [3.05, 3.63) is 82.5 Å². The lowest BCUT2D eigenvalue weighted by molar-refractivity contribution is 0.0952. The first-order chi connectivity index (χ1) is 29.5. The van der Waals surface area contributed by atoms with Gasteiger partial charge in [0, 0.05) is 56.7 Å². The van der Waals surface area contributed by atoms with Gasteiger partial charge in [-0.25, -0.2) is 15.8 Å². The summed E-state index contributed by atoms with van der Waals surface area (Å²) >= 11 is 0. The van der Waals surface area contributed by atoms with E-state index in [9.17, 15) is 19.2 Å². The average Bonchev–Trinajstić information content (AvgIpc) is 4.02. The summed E-state index contributed by atoms with van der Waals surface area (Å²) in [6.45, 7) is 9.28. The minimum absolute atomic E-state index is 0.151. The highest BCUT2D eigenvalue weighted by Crippen LogP contribution is 2.34. The summed E-state index contributed by atoms with van der Waals surface area (Å²) in [6.07, 6.45) is 5.10. The maximum atomic E-state index is 13.8. The van der Waals surface area contributed by atoms with Gasteiger partial charge in [0.2, 0.25) is 11.9 Å². The lowest BCUT2D eigenvalue weighted by Crippen LogP contribution is -2.35. The van der Waals surface area contributed by atoms with Crippen LogP contribution in [0.5, 0.6) is 11.5 Å². The van der Waals surface area contributed by atoms with Crippen LogP contribution in [0.1, 0.15) is 79.8 Å². The zero-order valence-electron chi connectivity index (χ0n) is 34.2. The van der Waals surface area contributed by atoms with Gasteiger partial charge in [-0.3, -0.25) is 39.2 Å². The summed E-state index contributed by atoms with van der Waals surface area (Å²) in [6, 6.07) is 9.91. The van der Waals surface area contributed by atoms with Gasteiger partial charge in [-0.05, 0) is 64.1 Å². The van der Waals surface area contributed by atoms with Crippen molar-refractivity contribution in [1.29, 1.82) is 0 Å². The maximum absolute atomic E-state index is 13.8. The quantitative estimate of drug-likeness (QED) is 0.0274. The summed E-state index contributed by atoms with van der Waals surface area (Å²) in [7, 11) is 0. The van der Waals surface area contributed by atoms with E-state index in [0.717, 1.165) is 0 Å². The zero-order chi connectivity index (χ0) is 43.2. The van der Waals surface area contributed by atoms with Crippen LogP contribution in [0.3, 0.4) is 0 Å². The largest absolute Gasteiger partial charge is 0.491 e. The predicted octanol–water partition coefficient (Wildman–Crippen LogP) is 3.03. The fourth-order valence-corrected chi connectivity index (χ4v) is 7.07. The van der Waals surface area contributed by atoms with E-state index in [-0.39, 0.29) is 56.7 Å². The third kappa shape index (κ3) is 8.76. The number of ether oxygens (including phenoxy) is 2. The van der Waals surface area contributed by atoms with Crippen LogP contribution in [0.15, 0.2) is 53.7 Å². The van der Waals surface area contributed by atoms with Crippen LogP contribution in [-0.4, -0.2) is 88.3 Å². The molecule has 0 radical (unpaired) electrons. The Hall–Kier alpha value is -7.55. The van der Waals surface area contributed by atoms with Crippen molar-refractivity contribution in [3.8, 4) is 11.5 Å². The summed E-state index contributed by atoms with van der Waals surface area (Å²) in [5.41, 5.74) is 7.00. The van der Waals surface area contributed by atoms with E-state index in [4.69, 9.17) is 31.1 Å². The van der Waals surface area contributed by atoms with Crippen molar-refractivity contribution in [3.63, 3.8) is 0 Å². The van der Waals surface area contributed by atoms with Crippen molar-refractivity contribution < 1.29 is 28.7 Å². The molecule has 1 aliphatic rings. The summed E-state index contributed by atoms with van der Waals surface area (Å²) in [4.78, 5) is 62.6. The zero-order valence-corrected chi connectivity index (χ0v) is 34.2. The third-order valence-corrected chi connectivity index (χ3v) is 9.87. The molecule has 8 N–H and O–H groups in total. The normalized spacial score (nSPS) is 13.8. The molecule has 0 saturated carbocycles. The first-order valence-electron chi connectivity index (χ1n) is 19.7. The minimum Gasteiger partial charge on any atom is -0.491 e. The number of imidazole rings is 2. The molecule has 61 heavy (non-hydrogen) atoms. The van der Waals surface area contributed by atoms with Gasteiger partial charge in [-0.15, -0.1) is 0 Å². The number of hydrogen-bond acceptors (Lipinski definition) is 13. The van der Waals surface area contributed by atoms with Crippen molar-refractivity contribution in [2.24, 2.45) is 16.8 Å². The molecule has 0 aliphatic carbocycles. The number of carbonyl (C=O) groups is 4. The highest BCUT2D eigenvalue weighted by Gasteiger charge is 2.24. The lowest BCUT2D eigenvalue weighted by Gasteiger charge is -2.14. The van der Waals surface area contributed by atoms with Crippen molar-refractivity contribution in [2.45, 2.75) is 66.7 Å². The monoisotopic (exact) mass is 833 g/mol. The maximum Gasteiger partial charge on any atom is 0.276 e. The number of hydrazine groups is 1. The second-order valence-electron chi connectivity index (χ2n) is 14.1. The van der Waals surface area contributed by atoms with Crippen LogP contribution in [-0.2, 0) is 26.2 Å². The second-order valence-corrected chi connectivity index (χ2v) is 14.1. The smallest absolute Gasteiger partial charge is 0.276 e. The Bertz CT molecular complexity index is 2700. The molecule has 3 amide bonds. The Morgan fingerprint density at radius 3 is 1.84 bits per heavy atom. The number of allylic oxidation sites excluding steroid dienone is 2. The molecule has 4 aromatic heterocycles. The number of rotatable bonds is 11. The highest BCUT2D eigenvalue weighted by atomic mass is 16.5. The topological polar surface area (TPSA) is 271 Å². The van der Waals surface area contributed by atoms with Crippen LogP contribution in [0, 0.1) is 13.8 Å². The first kappa shape index (κ1) is 41.6. The van der Waals surface area contributed by atoms with E-state index in [1.165, 1.54) is 0 Å². The van der Waals surface area contributed by atoms with Crippen molar-refractivity contribution in [1.82, 2.24) is 49.4 Å². The van der Waals surface area contributed by atoms with Crippen molar-refractivity contribution >= 4 is 63.8 Å². The number of aldehydes is 1. The molecule has 7 rings (SSSR count). The van der Waals surface area contributed by atoms with Crippen LogP contribution in [0.4, 0.5) is 11.9 Å². The number of anilines is 2. The Kier molecular flexibility index (Phi) is 12.4. The van der Waals surface area contributed by atoms with Crippen molar-refractivity contribution in [2.75, 3.05) is 30.4 Å². The molecule has 318 valence electrons. The molecule has 0 spiro atoms. The van der Waals surface area contributed by atoms with E-state index in [0.29, 0.717) is 93.5 Å². The lowest BCUT2D eigenvalue weighted by atomic mass is 10.1. The first-order valence-corrected chi connectivity index (χ1v) is 19.7. The number of nitrogens with zero attached hydrogens (tertiary/aromatic N) is 9. The number of hydrogen-bond donors (Lipinski definition) is 6. The van der Waals surface area contributed by atoms with E-state index >= 15 is 0 Å². The molecule has 5 heterocycles. The molecule has 1 aliphatic heterocycles. The van der Waals surface area contributed by atoms with Gasteiger partial charge in [-0.1, -0.05) is 12.2 Å². The number of aromatic nitrogens is 8. The molecule has 0 saturated heterocycles.